The van der Waals surface area contributed by atoms with Crippen LogP contribution < -0.4 is 5.32 Å². The van der Waals surface area contributed by atoms with E-state index in [0.717, 1.165) is 0 Å². The van der Waals surface area contributed by atoms with E-state index in [4.69, 9.17) is 10.00 Å². The first kappa shape index (κ1) is 15.7. The topological polar surface area (TPSA) is 62.1 Å². The lowest BCUT2D eigenvalue weighted by molar-refractivity contribution is 0.0534. The first-order valence-electron chi connectivity index (χ1n) is 6.15. The third-order valence-corrected chi connectivity index (χ3v) is 2.20. The van der Waals surface area contributed by atoms with Gasteiger partial charge in [-0.15, -0.1) is 0 Å². The van der Waals surface area contributed by atoms with Gasteiger partial charge < -0.3 is 10.1 Å². The van der Waals surface area contributed by atoms with E-state index in [1.165, 1.54) is 18.2 Å². The van der Waals surface area contributed by atoms with E-state index in [9.17, 15) is 9.18 Å². The molecule has 1 N–H and O–H groups in total. The van der Waals surface area contributed by atoms with E-state index < -0.39 is 17.5 Å². The lowest BCUT2D eigenvalue weighted by atomic mass is 10.1. The van der Waals surface area contributed by atoms with Crippen LogP contribution in [0.3, 0.4) is 0 Å². The zero-order valence-corrected chi connectivity index (χ0v) is 11.7. The number of halogens is 1. The minimum atomic E-state index is -0.543. The van der Waals surface area contributed by atoms with Crippen molar-refractivity contribution < 1.29 is 13.9 Å². The van der Waals surface area contributed by atoms with Gasteiger partial charge in [0.15, 0.2) is 0 Å². The van der Waals surface area contributed by atoms with Crippen LogP contribution in [0, 0.1) is 17.1 Å². The van der Waals surface area contributed by atoms with Gasteiger partial charge in [0.05, 0.1) is 11.6 Å². The number of amides is 1. The molecule has 106 valence electrons. The van der Waals surface area contributed by atoms with Crippen LogP contribution in [0.1, 0.15) is 31.9 Å². The summed E-state index contributed by atoms with van der Waals surface area (Å²) >= 11 is 0. The van der Waals surface area contributed by atoms with E-state index in [0.29, 0.717) is 5.56 Å². The minimum Gasteiger partial charge on any atom is -0.444 e. The highest BCUT2D eigenvalue weighted by Gasteiger charge is 2.14. The maximum atomic E-state index is 12.9. The SMILES string of the molecule is CC(C)(C)OC(=O)NCC=Cc1ccc(F)cc1C#N. The number of nitrogens with zero attached hydrogens (tertiary/aromatic N) is 1. The monoisotopic (exact) mass is 276 g/mol. The highest BCUT2D eigenvalue weighted by Crippen LogP contribution is 2.12. The number of carbonyl (C=O) groups is 1. The molecule has 1 amide bonds. The van der Waals surface area contributed by atoms with Gasteiger partial charge >= 0.3 is 6.09 Å². The summed E-state index contributed by atoms with van der Waals surface area (Å²) in [6.45, 7) is 5.59. The van der Waals surface area contributed by atoms with Gasteiger partial charge in [-0.1, -0.05) is 18.2 Å². The quantitative estimate of drug-likeness (QED) is 0.921. The lowest BCUT2D eigenvalue weighted by Crippen LogP contribution is -2.32. The second-order valence-corrected chi connectivity index (χ2v) is 5.13. The van der Waals surface area contributed by atoms with Crippen LogP contribution in [-0.2, 0) is 4.74 Å². The van der Waals surface area contributed by atoms with Crippen LogP contribution >= 0.6 is 0 Å². The predicted octanol–water partition coefficient (Wildman–Crippen LogP) is 3.24. The van der Waals surface area contributed by atoms with Gasteiger partial charge in [0.25, 0.3) is 0 Å². The summed E-state index contributed by atoms with van der Waals surface area (Å²) in [6, 6.07) is 5.87. The molecule has 0 radical (unpaired) electrons. The van der Waals surface area contributed by atoms with Gasteiger partial charge in [0.2, 0.25) is 0 Å². The van der Waals surface area contributed by atoms with Crippen LogP contribution in [-0.4, -0.2) is 18.2 Å². The molecule has 5 heteroatoms. The molecule has 0 saturated heterocycles. The van der Waals surface area contributed by atoms with Crippen molar-refractivity contribution >= 4 is 12.2 Å². The smallest absolute Gasteiger partial charge is 0.407 e. The van der Waals surface area contributed by atoms with E-state index in [-0.39, 0.29) is 12.1 Å². The Balaban J connectivity index is 2.54. The maximum absolute atomic E-state index is 12.9. The van der Waals surface area contributed by atoms with Gasteiger partial charge in [-0.3, -0.25) is 0 Å². The third-order valence-electron chi connectivity index (χ3n) is 2.20. The molecule has 0 bridgehead atoms. The van der Waals surface area contributed by atoms with Crippen molar-refractivity contribution in [3.8, 4) is 6.07 Å². The molecule has 1 rings (SSSR count). The van der Waals surface area contributed by atoms with Gasteiger partial charge in [-0.2, -0.15) is 5.26 Å². The number of rotatable bonds is 3. The van der Waals surface area contributed by atoms with Crippen molar-refractivity contribution in [2.45, 2.75) is 26.4 Å². The summed E-state index contributed by atoms with van der Waals surface area (Å²) < 4.78 is 18.0. The second kappa shape index (κ2) is 6.71. The molecule has 0 spiro atoms. The minimum absolute atomic E-state index is 0.249. The van der Waals surface area contributed by atoms with Crippen molar-refractivity contribution in [1.29, 1.82) is 5.26 Å². The molecule has 0 fully saturated rings. The summed E-state index contributed by atoms with van der Waals surface area (Å²) in [4.78, 5) is 11.4. The van der Waals surface area contributed by atoms with Gasteiger partial charge in [0, 0.05) is 6.54 Å². The molecule has 1 aromatic rings. The molecule has 20 heavy (non-hydrogen) atoms. The van der Waals surface area contributed by atoms with E-state index >= 15 is 0 Å². The molecule has 0 aliphatic rings. The van der Waals surface area contributed by atoms with Crippen molar-refractivity contribution in [3.05, 3.63) is 41.2 Å². The Labute approximate surface area is 117 Å². The van der Waals surface area contributed by atoms with Crippen molar-refractivity contribution in [2.75, 3.05) is 6.54 Å². The largest absolute Gasteiger partial charge is 0.444 e. The van der Waals surface area contributed by atoms with Gasteiger partial charge in [0.1, 0.15) is 11.4 Å². The second-order valence-electron chi connectivity index (χ2n) is 5.13. The van der Waals surface area contributed by atoms with Crippen LogP contribution in [0.15, 0.2) is 24.3 Å². The predicted molar refractivity (Wildman–Crippen MR) is 74.4 cm³/mol. The van der Waals surface area contributed by atoms with Gasteiger partial charge in [-0.25, -0.2) is 9.18 Å². The number of alkyl carbamates (subject to hydrolysis) is 1. The summed E-state index contributed by atoms with van der Waals surface area (Å²) in [5.41, 5.74) is 0.303. The molecule has 0 aliphatic heterocycles. The molecule has 0 atom stereocenters. The maximum Gasteiger partial charge on any atom is 0.407 e. The molecule has 0 heterocycles. The summed E-state index contributed by atoms with van der Waals surface area (Å²) in [6.07, 6.45) is 2.80. The number of hydrogen-bond acceptors (Lipinski definition) is 3. The molecule has 1 aromatic carbocycles. The highest BCUT2D eigenvalue weighted by molar-refractivity contribution is 5.68. The molecular formula is C15H17FN2O2. The number of carbonyl (C=O) groups excluding carboxylic acids is 1. The average Bonchev–Trinajstić information content (AvgIpc) is 2.33. The van der Waals surface area contributed by atoms with E-state index in [1.54, 1.807) is 32.9 Å². The number of nitriles is 1. The van der Waals surface area contributed by atoms with E-state index in [2.05, 4.69) is 5.32 Å². The Kier molecular flexibility index (Phi) is 5.27. The van der Waals surface area contributed by atoms with E-state index in [1.807, 2.05) is 6.07 Å². The zero-order valence-electron chi connectivity index (χ0n) is 11.7. The summed E-state index contributed by atoms with van der Waals surface area (Å²) in [5.74, 6) is -0.453. The molecule has 0 saturated carbocycles. The molecule has 0 aliphatic carbocycles. The first-order chi connectivity index (χ1) is 9.31. The summed E-state index contributed by atoms with van der Waals surface area (Å²) in [7, 11) is 0. The first-order valence-corrected chi connectivity index (χ1v) is 6.15. The number of nitrogens with one attached hydrogen (secondary N) is 1. The normalized spacial score (nSPS) is 11.2. The fraction of sp³-hybridized carbons (Fsp3) is 0.333. The molecule has 0 aromatic heterocycles. The molecule has 0 unspecified atom stereocenters. The number of hydrogen-bond donors (Lipinski definition) is 1. The molecule has 4 nitrogen and oxygen atoms in total. The van der Waals surface area contributed by atoms with Crippen molar-refractivity contribution in [2.24, 2.45) is 0 Å². The van der Waals surface area contributed by atoms with Crippen LogP contribution in [0.5, 0.6) is 0 Å². The number of ether oxygens (including phenoxy) is 1. The van der Waals surface area contributed by atoms with Crippen LogP contribution in [0.25, 0.3) is 6.08 Å². The Morgan fingerprint density at radius 3 is 2.80 bits per heavy atom. The fourth-order valence-electron chi connectivity index (χ4n) is 1.41. The standard InChI is InChI=1S/C15H17FN2O2/c1-15(2,3)20-14(19)18-8-4-5-11-6-7-13(16)9-12(11)10-17/h4-7,9H,8H2,1-3H3,(H,18,19). The Bertz CT molecular complexity index is 554. The Morgan fingerprint density at radius 2 is 2.20 bits per heavy atom. The Hall–Kier alpha value is -2.35. The van der Waals surface area contributed by atoms with Crippen LogP contribution in [0.4, 0.5) is 9.18 Å². The lowest BCUT2D eigenvalue weighted by Gasteiger charge is -2.19. The Morgan fingerprint density at radius 1 is 1.50 bits per heavy atom. The average molecular weight is 276 g/mol. The van der Waals surface area contributed by atoms with Crippen molar-refractivity contribution in [1.82, 2.24) is 5.32 Å². The zero-order chi connectivity index (χ0) is 15.2. The number of benzene rings is 1. The third kappa shape index (κ3) is 5.53. The summed E-state index contributed by atoms with van der Waals surface area (Å²) in [5, 5.41) is 11.4. The molecular weight excluding hydrogens is 259 g/mol. The fourth-order valence-corrected chi connectivity index (χ4v) is 1.41. The van der Waals surface area contributed by atoms with Crippen molar-refractivity contribution in [3.63, 3.8) is 0 Å². The van der Waals surface area contributed by atoms with Crippen LogP contribution in [0.2, 0.25) is 0 Å². The van der Waals surface area contributed by atoms with Gasteiger partial charge in [-0.05, 0) is 38.5 Å². The highest BCUT2D eigenvalue weighted by atomic mass is 19.1.